The molecule has 1 atom stereocenters. The number of carbonyl (C=O) groups is 1. The van der Waals surface area contributed by atoms with Crippen molar-refractivity contribution in [3.8, 4) is 68.3 Å². The summed E-state index contributed by atoms with van der Waals surface area (Å²) in [6, 6.07) is 43.0. The average molecular weight is 899 g/mol. The molecule has 0 bridgehead atoms. The third kappa shape index (κ3) is 7.33. The summed E-state index contributed by atoms with van der Waals surface area (Å²) in [5.41, 5.74) is 23.9. The fraction of sp³-hybridized carbons (Fsp3) is 0.240. The third-order valence-electron chi connectivity index (χ3n) is 12.8. The predicted octanol–water partition coefficient (Wildman–Crippen LogP) is 9.38. The molecule has 3 aromatic heterocycles. The number of amides is 1. The SMILES string of the molecule is C[C@H]1Oc2nc(-c3ccc(C4(N)CCC4)cc3)c(-c3ccccc3)cc2N(CC#N)C1=O.NC1(c2ccc(-c3nc4c(cc3-c3ccccc3)-n3c(Br)nnc3CO4)cc2)CCC1. The quantitative estimate of drug-likeness (QED) is 0.147. The second-order valence-corrected chi connectivity index (χ2v) is 17.4. The van der Waals surface area contributed by atoms with E-state index in [2.05, 4.69) is 86.8 Å². The molecular formula is C50H44BrN9O3. The van der Waals surface area contributed by atoms with Gasteiger partial charge in [0.15, 0.2) is 18.5 Å². The van der Waals surface area contributed by atoms with E-state index >= 15 is 0 Å². The number of halogens is 1. The van der Waals surface area contributed by atoms with Crippen molar-refractivity contribution in [1.29, 1.82) is 5.26 Å². The largest absolute Gasteiger partial charge is 0.468 e. The Morgan fingerprint density at radius 3 is 1.71 bits per heavy atom. The number of anilines is 1. The molecule has 0 spiro atoms. The summed E-state index contributed by atoms with van der Waals surface area (Å²) in [6.07, 6.45) is 5.76. The normalized spacial score (nSPS) is 17.5. The van der Waals surface area contributed by atoms with Crippen LogP contribution in [0.4, 0.5) is 5.69 Å². The van der Waals surface area contributed by atoms with Crippen LogP contribution >= 0.6 is 15.9 Å². The highest BCUT2D eigenvalue weighted by Gasteiger charge is 2.37. The van der Waals surface area contributed by atoms with Gasteiger partial charge in [-0.25, -0.2) is 9.97 Å². The van der Waals surface area contributed by atoms with E-state index in [1.165, 1.54) is 16.9 Å². The first kappa shape index (κ1) is 40.4. The molecule has 0 radical (unpaired) electrons. The maximum atomic E-state index is 12.7. The summed E-state index contributed by atoms with van der Waals surface area (Å²) in [6.45, 7) is 1.95. The minimum atomic E-state index is -0.697. The number of benzene rings is 4. The van der Waals surface area contributed by atoms with Gasteiger partial charge in [-0.15, -0.1) is 10.2 Å². The summed E-state index contributed by atoms with van der Waals surface area (Å²) in [5, 5.41) is 17.6. The van der Waals surface area contributed by atoms with Crippen molar-refractivity contribution in [3.63, 3.8) is 0 Å². The molecule has 4 aromatic carbocycles. The summed E-state index contributed by atoms with van der Waals surface area (Å²) >= 11 is 3.50. The molecule has 63 heavy (non-hydrogen) atoms. The highest BCUT2D eigenvalue weighted by Crippen LogP contribution is 2.44. The van der Waals surface area contributed by atoms with Crippen LogP contribution < -0.4 is 25.8 Å². The minimum absolute atomic E-state index is 0.0535. The van der Waals surface area contributed by atoms with Crippen LogP contribution in [0.5, 0.6) is 11.8 Å². The Morgan fingerprint density at radius 1 is 0.714 bits per heavy atom. The maximum absolute atomic E-state index is 12.7. The Morgan fingerprint density at radius 2 is 1.22 bits per heavy atom. The van der Waals surface area contributed by atoms with Crippen LogP contribution in [0.2, 0.25) is 0 Å². The van der Waals surface area contributed by atoms with Crippen molar-refractivity contribution < 1.29 is 14.3 Å². The van der Waals surface area contributed by atoms with Gasteiger partial charge < -0.3 is 20.9 Å². The number of nitriles is 1. The van der Waals surface area contributed by atoms with Crippen LogP contribution in [0.3, 0.4) is 0 Å². The molecule has 4 aliphatic rings. The lowest BCUT2D eigenvalue weighted by molar-refractivity contribution is -0.125. The Labute approximate surface area is 373 Å². The molecule has 12 nitrogen and oxygen atoms in total. The molecule has 2 aliphatic heterocycles. The topological polar surface area (TPSA) is 171 Å². The Kier molecular flexibility index (Phi) is 10.4. The highest BCUT2D eigenvalue weighted by molar-refractivity contribution is 9.10. The lowest BCUT2D eigenvalue weighted by atomic mass is 9.72. The predicted molar refractivity (Wildman–Crippen MR) is 245 cm³/mol. The summed E-state index contributed by atoms with van der Waals surface area (Å²) < 4.78 is 14.4. The van der Waals surface area contributed by atoms with Crippen molar-refractivity contribution in [2.75, 3.05) is 11.4 Å². The van der Waals surface area contributed by atoms with Crippen LogP contribution in [0.1, 0.15) is 62.4 Å². The zero-order valence-electron chi connectivity index (χ0n) is 34.7. The van der Waals surface area contributed by atoms with E-state index in [0.717, 1.165) is 93.9 Å². The van der Waals surface area contributed by atoms with E-state index in [9.17, 15) is 10.1 Å². The van der Waals surface area contributed by atoms with Gasteiger partial charge >= 0.3 is 0 Å². The summed E-state index contributed by atoms with van der Waals surface area (Å²) in [4.78, 5) is 23.9. The van der Waals surface area contributed by atoms with Gasteiger partial charge in [0.25, 0.3) is 5.91 Å². The molecule has 1 amide bonds. The molecule has 4 N–H and O–H groups in total. The van der Waals surface area contributed by atoms with Gasteiger partial charge in [-0.1, -0.05) is 109 Å². The molecule has 13 heteroatoms. The molecule has 0 unspecified atom stereocenters. The van der Waals surface area contributed by atoms with E-state index in [-0.39, 0.29) is 23.5 Å². The van der Waals surface area contributed by atoms with Crippen LogP contribution in [0.15, 0.2) is 126 Å². The molecular weight excluding hydrogens is 855 g/mol. The number of ether oxygens (including phenoxy) is 2. The van der Waals surface area contributed by atoms with E-state index in [1.54, 1.807) is 6.92 Å². The number of hydrogen-bond donors (Lipinski definition) is 2. The van der Waals surface area contributed by atoms with E-state index in [1.807, 2.05) is 71.3 Å². The number of fused-ring (bicyclic) bond motifs is 4. The van der Waals surface area contributed by atoms with Crippen LogP contribution in [-0.2, 0) is 22.5 Å². The van der Waals surface area contributed by atoms with Crippen molar-refractivity contribution in [2.24, 2.45) is 11.5 Å². The van der Waals surface area contributed by atoms with Gasteiger partial charge in [-0.2, -0.15) is 5.26 Å². The second-order valence-electron chi connectivity index (χ2n) is 16.7. The van der Waals surface area contributed by atoms with Crippen LogP contribution in [-0.4, -0.2) is 43.3 Å². The maximum Gasteiger partial charge on any atom is 0.268 e. The number of rotatable bonds is 7. The fourth-order valence-corrected chi connectivity index (χ4v) is 9.27. The standard InChI is InChI=1S/C26H24N4O2.C24H20BrN5O/c1-17-25(31)30(15-14-27)22-16-21(18-6-3-2-4-7-18)23(29-24(22)32-17)19-8-10-20(11-9-19)26(28)12-5-13-26;25-23-29-28-20-14-31-22-19(30(20)23)13-18(15-5-2-1-3-6-15)21(27-22)16-7-9-17(10-8-16)24(26)11-4-12-24/h2-4,6-11,16-17H,5,12-13,15,28H2,1H3;1-3,5-10,13H,4,11-12,14,26H2/t17-;/m1./s1. The zero-order chi connectivity index (χ0) is 43.3. The van der Waals surface area contributed by atoms with Crippen molar-refractivity contribution >= 4 is 27.5 Å². The fourth-order valence-electron chi connectivity index (χ4n) is 8.80. The molecule has 11 rings (SSSR count). The number of nitrogens with two attached hydrogens (primary N) is 2. The average Bonchev–Trinajstić information content (AvgIpc) is 3.69. The molecule has 314 valence electrons. The Balaban J connectivity index is 0.000000150. The van der Waals surface area contributed by atoms with Gasteiger partial charge in [0.05, 0.1) is 17.5 Å². The molecule has 7 aromatic rings. The van der Waals surface area contributed by atoms with Gasteiger partial charge in [-0.3, -0.25) is 14.3 Å². The highest BCUT2D eigenvalue weighted by atomic mass is 79.9. The van der Waals surface area contributed by atoms with E-state index < -0.39 is 6.10 Å². The zero-order valence-corrected chi connectivity index (χ0v) is 36.3. The molecule has 5 heterocycles. The van der Waals surface area contributed by atoms with Crippen LogP contribution in [0, 0.1) is 11.3 Å². The molecule has 2 fully saturated rings. The van der Waals surface area contributed by atoms with Crippen molar-refractivity contribution in [3.05, 3.63) is 143 Å². The van der Waals surface area contributed by atoms with Crippen molar-refractivity contribution in [2.45, 2.75) is 69.2 Å². The van der Waals surface area contributed by atoms with Crippen LogP contribution in [0.25, 0.3) is 50.5 Å². The molecule has 2 aliphatic carbocycles. The van der Waals surface area contributed by atoms with Gasteiger partial charge in [0.1, 0.15) is 17.9 Å². The first-order valence-corrected chi connectivity index (χ1v) is 22.0. The van der Waals surface area contributed by atoms with E-state index in [0.29, 0.717) is 28.8 Å². The molecule has 2 saturated carbocycles. The second kappa shape index (κ2) is 16.2. The summed E-state index contributed by atoms with van der Waals surface area (Å²) in [5.74, 6) is 1.43. The lowest BCUT2D eigenvalue weighted by Crippen LogP contribution is -2.45. The van der Waals surface area contributed by atoms with E-state index in [4.69, 9.17) is 30.9 Å². The number of aromatic nitrogens is 5. The monoisotopic (exact) mass is 897 g/mol. The smallest absolute Gasteiger partial charge is 0.268 e. The lowest BCUT2D eigenvalue weighted by Gasteiger charge is -2.38. The third-order valence-corrected chi connectivity index (χ3v) is 13.3. The first-order chi connectivity index (χ1) is 30.6. The van der Waals surface area contributed by atoms with Gasteiger partial charge in [-0.05, 0) is 95.8 Å². The summed E-state index contributed by atoms with van der Waals surface area (Å²) in [7, 11) is 0. The minimum Gasteiger partial charge on any atom is -0.468 e. The first-order valence-electron chi connectivity index (χ1n) is 21.2. The number of nitrogens with zero attached hydrogens (tertiary/aromatic N) is 7. The Hall–Kier alpha value is -6.72. The van der Waals surface area contributed by atoms with Crippen molar-refractivity contribution in [1.82, 2.24) is 24.7 Å². The number of carbonyl (C=O) groups excluding carboxylic acids is 1. The molecule has 0 saturated heterocycles. The van der Waals surface area contributed by atoms with Gasteiger partial charge in [0, 0.05) is 33.3 Å². The Bertz CT molecular complexity index is 2890. The number of pyridine rings is 2. The van der Waals surface area contributed by atoms with Gasteiger partial charge in [0.2, 0.25) is 16.5 Å². The number of hydrogen-bond acceptors (Lipinski definition) is 10.